The zero-order chi connectivity index (χ0) is 29.2. The van der Waals surface area contributed by atoms with E-state index < -0.39 is 42.7 Å². The Morgan fingerprint density at radius 1 is 1.24 bits per heavy atom. The molecule has 3 amide bonds. The summed E-state index contributed by atoms with van der Waals surface area (Å²) in [4.78, 5) is 31.1. The molecule has 1 aliphatic heterocycles. The molecule has 0 spiro atoms. The van der Waals surface area contributed by atoms with E-state index in [-0.39, 0.29) is 43.6 Å². The standard InChI is InChI=1S/C26H28F5N7O3/c1-24(6-7-24)21-16(13-41-36-21)22(39)35-20(15-2-4-25(27,28)5-3-15)17-11-38-19(33-17)8-14(9-32-38)10-37-12-18(26(29,30)31)34-23(37)40/h8-9,11,13,15,18,20H,2-7,10,12H2,1H3,(H,34,40)(H,35,39)/t18-,20-/m0/s1. The van der Waals surface area contributed by atoms with Crippen LogP contribution in [0.2, 0.25) is 0 Å². The van der Waals surface area contributed by atoms with Crippen LogP contribution in [0.5, 0.6) is 0 Å². The molecule has 2 N–H and O–H groups in total. The molecule has 0 radical (unpaired) electrons. The monoisotopic (exact) mass is 581 g/mol. The second-order valence-corrected chi connectivity index (χ2v) is 11.5. The Hall–Kier alpha value is -3.78. The molecule has 3 aromatic rings. The number of urea groups is 1. The molecular weight excluding hydrogens is 553 g/mol. The number of rotatable bonds is 7. The lowest BCUT2D eigenvalue weighted by molar-refractivity contribution is -0.149. The first-order valence-electron chi connectivity index (χ1n) is 13.4. The minimum atomic E-state index is -4.56. The molecule has 4 heterocycles. The molecule has 15 heteroatoms. The van der Waals surface area contributed by atoms with Crippen molar-refractivity contribution in [3.8, 4) is 0 Å². The van der Waals surface area contributed by atoms with E-state index >= 15 is 0 Å². The number of carbonyl (C=O) groups excluding carboxylic acids is 2. The van der Waals surface area contributed by atoms with Crippen molar-refractivity contribution in [1.29, 1.82) is 0 Å². The van der Waals surface area contributed by atoms with Gasteiger partial charge in [0.15, 0.2) is 5.65 Å². The van der Waals surface area contributed by atoms with Gasteiger partial charge in [0, 0.05) is 24.8 Å². The van der Waals surface area contributed by atoms with Crippen LogP contribution < -0.4 is 10.6 Å². The SMILES string of the molecule is CC1(c2nocc2C(=O)N[C@H](c2cn3ncc(CN4C[C@@H](C(F)(F)F)NC4=O)cc3n2)C2CCC(F)(F)CC2)CC1. The molecule has 10 nitrogen and oxygen atoms in total. The quantitative estimate of drug-likeness (QED) is 0.397. The number of nitrogens with one attached hydrogen (secondary N) is 2. The Morgan fingerprint density at radius 2 is 1.98 bits per heavy atom. The van der Waals surface area contributed by atoms with Crippen molar-refractivity contribution in [2.75, 3.05) is 6.54 Å². The maximum absolute atomic E-state index is 14.0. The fourth-order valence-electron chi connectivity index (χ4n) is 5.61. The number of alkyl halides is 5. The fourth-order valence-corrected chi connectivity index (χ4v) is 5.61. The Kier molecular flexibility index (Phi) is 6.45. The lowest BCUT2D eigenvalue weighted by Gasteiger charge is -2.33. The lowest BCUT2D eigenvalue weighted by Crippen LogP contribution is -2.40. The van der Waals surface area contributed by atoms with Crippen LogP contribution in [-0.2, 0) is 12.0 Å². The molecule has 6 rings (SSSR count). The van der Waals surface area contributed by atoms with Crippen molar-refractivity contribution >= 4 is 17.6 Å². The summed E-state index contributed by atoms with van der Waals surface area (Å²) >= 11 is 0. The van der Waals surface area contributed by atoms with Crippen LogP contribution in [0.15, 0.2) is 29.2 Å². The average molecular weight is 582 g/mol. The van der Waals surface area contributed by atoms with Gasteiger partial charge in [-0.3, -0.25) is 4.79 Å². The first-order valence-corrected chi connectivity index (χ1v) is 13.4. The highest BCUT2D eigenvalue weighted by molar-refractivity contribution is 5.95. The molecule has 0 aromatic carbocycles. The Bertz CT molecular complexity index is 1470. The lowest BCUT2D eigenvalue weighted by atomic mass is 9.81. The first-order chi connectivity index (χ1) is 19.3. The Labute approximate surface area is 230 Å². The predicted octanol–water partition coefficient (Wildman–Crippen LogP) is 4.52. The van der Waals surface area contributed by atoms with Gasteiger partial charge in [-0.2, -0.15) is 18.3 Å². The molecule has 41 heavy (non-hydrogen) atoms. The van der Waals surface area contributed by atoms with E-state index in [0.29, 0.717) is 28.2 Å². The van der Waals surface area contributed by atoms with Crippen molar-refractivity contribution in [3.63, 3.8) is 0 Å². The number of hydrogen-bond donors (Lipinski definition) is 2. The van der Waals surface area contributed by atoms with Gasteiger partial charge in [0.2, 0.25) is 5.92 Å². The third-order valence-electron chi connectivity index (χ3n) is 8.38. The largest absolute Gasteiger partial charge is 0.410 e. The molecule has 2 aliphatic carbocycles. The zero-order valence-electron chi connectivity index (χ0n) is 22.0. The molecule has 3 aliphatic rings. The summed E-state index contributed by atoms with van der Waals surface area (Å²) in [7, 11) is 0. The average Bonchev–Trinajstić information content (AvgIpc) is 3.28. The minimum absolute atomic E-state index is 0.114. The number of imidazole rings is 1. The van der Waals surface area contributed by atoms with Gasteiger partial charge in [0.25, 0.3) is 5.91 Å². The molecule has 3 fully saturated rings. The molecule has 1 saturated heterocycles. The van der Waals surface area contributed by atoms with Gasteiger partial charge in [-0.05, 0) is 43.2 Å². The number of nitrogens with zero attached hydrogens (tertiary/aromatic N) is 5. The van der Waals surface area contributed by atoms with E-state index in [0.717, 1.165) is 17.7 Å². The van der Waals surface area contributed by atoms with Gasteiger partial charge in [-0.1, -0.05) is 12.1 Å². The maximum Gasteiger partial charge on any atom is 0.410 e. The van der Waals surface area contributed by atoms with Crippen LogP contribution in [0.3, 0.4) is 0 Å². The molecule has 2 atom stereocenters. The van der Waals surface area contributed by atoms with Crippen LogP contribution in [0.25, 0.3) is 5.65 Å². The van der Waals surface area contributed by atoms with Crippen LogP contribution >= 0.6 is 0 Å². The van der Waals surface area contributed by atoms with Gasteiger partial charge in [0.1, 0.15) is 23.6 Å². The third kappa shape index (κ3) is 5.45. The van der Waals surface area contributed by atoms with Crippen molar-refractivity contribution in [1.82, 2.24) is 35.3 Å². The molecule has 3 aromatic heterocycles. The second-order valence-electron chi connectivity index (χ2n) is 11.5. The highest BCUT2D eigenvalue weighted by Crippen LogP contribution is 2.48. The Morgan fingerprint density at radius 3 is 2.63 bits per heavy atom. The number of carbonyl (C=O) groups is 2. The highest BCUT2D eigenvalue weighted by atomic mass is 19.4. The molecule has 0 unspecified atom stereocenters. The van der Waals surface area contributed by atoms with Crippen molar-refractivity contribution in [2.24, 2.45) is 5.92 Å². The van der Waals surface area contributed by atoms with Crippen LogP contribution in [0.1, 0.15) is 78.8 Å². The molecule has 2 saturated carbocycles. The fraction of sp³-hybridized carbons (Fsp3) is 0.577. The van der Waals surface area contributed by atoms with Gasteiger partial charge >= 0.3 is 12.2 Å². The van der Waals surface area contributed by atoms with E-state index in [2.05, 4.69) is 20.6 Å². The number of halogens is 5. The second kappa shape index (κ2) is 9.65. The molecule has 220 valence electrons. The van der Waals surface area contributed by atoms with E-state index in [9.17, 15) is 31.5 Å². The minimum Gasteiger partial charge on any atom is -0.364 e. The summed E-state index contributed by atoms with van der Waals surface area (Å²) in [6.45, 7) is 1.34. The van der Waals surface area contributed by atoms with Gasteiger partial charge in [-0.25, -0.2) is 23.1 Å². The van der Waals surface area contributed by atoms with Crippen LogP contribution in [0, 0.1) is 5.92 Å². The third-order valence-corrected chi connectivity index (χ3v) is 8.38. The van der Waals surface area contributed by atoms with Crippen molar-refractivity contribution in [3.05, 3.63) is 47.2 Å². The van der Waals surface area contributed by atoms with E-state index in [1.807, 2.05) is 12.2 Å². The van der Waals surface area contributed by atoms with Gasteiger partial charge < -0.3 is 20.1 Å². The highest BCUT2D eigenvalue weighted by Gasteiger charge is 2.47. The predicted molar refractivity (Wildman–Crippen MR) is 132 cm³/mol. The van der Waals surface area contributed by atoms with E-state index in [4.69, 9.17) is 4.52 Å². The number of fused-ring (bicyclic) bond motifs is 1. The van der Waals surface area contributed by atoms with Crippen LogP contribution in [0.4, 0.5) is 26.7 Å². The summed E-state index contributed by atoms with van der Waals surface area (Å²) in [5, 5.41) is 13.2. The van der Waals surface area contributed by atoms with Crippen LogP contribution in [-0.4, -0.2) is 61.3 Å². The summed E-state index contributed by atoms with van der Waals surface area (Å²) in [5.41, 5.74) is 1.81. The normalized spacial score (nSPS) is 23.0. The number of amides is 3. The number of hydrogen-bond acceptors (Lipinski definition) is 6. The van der Waals surface area contributed by atoms with Gasteiger partial charge in [-0.15, -0.1) is 0 Å². The summed E-state index contributed by atoms with van der Waals surface area (Å²) in [5.74, 6) is -3.53. The topological polar surface area (TPSA) is 118 Å². The van der Waals surface area contributed by atoms with Crippen molar-refractivity contribution in [2.45, 2.75) is 81.6 Å². The zero-order valence-corrected chi connectivity index (χ0v) is 22.0. The molecular formula is C26H28F5N7O3. The van der Waals surface area contributed by atoms with Crippen molar-refractivity contribution < 1.29 is 36.1 Å². The van der Waals surface area contributed by atoms with E-state index in [1.165, 1.54) is 17.0 Å². The number of aromatic nitrogens is 4. The maximum atomic E-state index is 14.0. The molecule has 0 bridgehead atoms. The smallest absolute Gasteiger partial charge is 0.364 e. The Balaban J connectivity index is 1.25. The van der Waals surface area contributed by atoms with Gasteiger partial charge in [0.05, 0.1) is 30.7 Å². The first kappa shape index (κ1) is 27.4. The summed E-state index contributed by atoms with van der Waals surface area (Å²) < 4.78 is 73.6. The van der Waals surface area contributed by atoms with E-state index in [1.54, 1.807) is 12.3 Å². The summed E-state index contributed by atoms with van der Waals surface area (Å²) in [6, 6.07) is -1.91. The summed E-state index contributed by atoms with van der Waals surface area (Å²) in [6.07, 6.45) is 1.20.